The molecule has 154 valence electrons. The van der Waals surface area contributed by atoms with Crippen LogP contribution in [0.2, 0.25) is 0 Å². The molecule has 30 heavy (non-hydrogen) atoms. The minimum Gasteiger partial charge on any atom is -0.489 e. The lowest BCUT2D eigenvalue weighted by molar-refractivity contribution is -0.132. The Balaban J connectivity index is 1.67. The van der Waals surface area contributed by atoms with Crippen molar-refractivity contribution in [1.82, 2.24) is 4.90 Å². The summed E-state index contributed by atoms with van der Waals surface area (Å²) in [5.41, 5.74) is 3.68. The summed E-state index contributed by atoms with van der Waals surface area (Å²) in [4.78, 5) is 14.5. The highest BCUT2D eigenvalue weighted by atomic mass is 19.1. The Morgan fingerprint density at radius 3 is 2.57 bits per heavy atom. The minimum absolute atomic E-state index is 0.0348. The maximum Gasteiger partial charge on any atom is 0.223 e. The van der Waals surface area contributed by atoms with E-state index in [2.05, 4.69) is 0 Å². The van der Waals surface area contributed by atoms with Gasteiger partial charge in [-0.1, -0.05) is 37.3 Å². The number of hydrogen-bond donors (Lipinski definition) is 0. The molecule has 1 aliphatic heterocycles. The monoisotopic (exact) mass is 407 g/mol. The molecule has 3 aromatic carbocycles. The van der Waals surface area contributed by atoms with Crippen molar-refractivity contribution >= 4 is 5.91 Å². The normalized spacial score (nSPS) is 15.6. The van der Waals surface area contributed by atoms with Gasteiger partial charge in [0.2, 0.25) is 5.91 Å². The first kappa shape index (κ1) is 20.1. The number of ether oxygens (including phenoxy) is 1. The van der Waals surface area contributed by atoms with Crippen LogP contribution < -0.4 is 4.74 Å². The molecule has 0 spiro atoms. The van der Waals surface area contributed by atoms with Crippen molar-refractivity contribution in [2.75, 3.05) is 6.54 Å². The first-order valence-electron chi connectivity index (χ1n) is 10.1. The van der Waals surface area contributed by atoms with Crippen molar-refractivity contribution in [2.24, 2.45) is 0 Å². The highest BCUT2D eigenvalue weighted by Crippen LogP contribution is 2.37. The Labute approximate surface area is 174 Å². The van der Waals surface area contributed by atoms with E-state index in [1.807, 2.05) is 36.1 Å². The summed E-state index contributed by atoms with van der Waals surface area (Å²) in [7, 11) is 0. The van der Waals surface area contributed by atoms with E-state index < -0.39 is 0 Å². The van der Waals surface area contributed by atoms with Gasteiger partial charge in [-0.2, -0.15) is 0 Å². The van der Waals surface area contributed by atoms with E-state index in [1.54, 1.807) is 18.2 Å². The summed E-state index contributed by atoms with van der Waals surface area (Å²) in [6, 6.07) is 18.1. The van der Waals surface area contributed by atoms with Crippen molar-refractivity contribution in [3.05, 3.63) is 101 Å². The van der Waals surface area contributed by atoms with Crippen LogP contribution in [0.4, 0.5) is 8.78 Å². The molecule has 0 saturated carbocycles. The third-order valence-electron chi connectivity index (χ3n) is 5.45. The second kappa shape index (κ2) is 8.66. The Morgan fingerprint density at radius 2 is 1.83 bits per heavy atom. The van der Waals surface area contributed by atoms with Crippen LogP contribution in [-0.4, -0.2) is 17.4 Å². The van der Waals surface area contributed by atoms with Crippen LogP contribution in [-0.2, 0) is 17.8 Å². The zero-order chi connectivity index (χ0) is 21.1. The Morgan fingerprint density at radius 1 is 1.03 bits per heavy atom. The van der Waals surface area contributed by atoms with Gasteiger partial charge in [0.25, 0.3) is 0 Å². The molecule has 1 unspecified atom stereocenters. The number of halogens is 2. The van der Waals surface area contributed by atoms with E-state index in [-0.39, 0.29) is 23.6 Å². The maximum atomic E-state index is 14.0. The standard InChI is InChI=1S/C25H23F2NO2/c1-2-24(29)28-13-12-18-8-11-22(30-16-17-6-9-20(26)10-7-17)15-23(18)25(28)19-4-3-5-21(27)14-19/h3-11,14-15,25H,2,12-13,16H2,1H3. The fraction of sp³-hybridized carbons (Fsp3) is 0.240. The molecule has 1 atom stereocenters. The minimum atomic E-state index is -0.355. The molecule has 0 aromatic heterocycles. The largest absolute Gasteiger partial charge is 0.489 e. The third kappa shape index (κ3) is 4.20. The van der Waals surface area contributed by atoms with E-state index in [1.165, 1.54) is 24.3 Å². The third-order valence-corrected chi connectivity index (χ3v) is 5.45. The van der Waals surface area contributed by atoms with Crippen LogP contribution in [0.1, 0.15) is 41.6 Å². The molecule has 3 aromatic rings. The Hall–Kier alpha value is -3.21. The van der Waals surface area contributed by atoms with Gasteiger partial charge in [0.1, 0.15) is 24.0 Å². The van der Waals surface area contributed by atoms with Crippen molar-refractivity contribution in [2.45, 2.75) is 32.4 Å². The average Bonchev–Trinajstić information content (AvgIpc) is 2.77. The number of carbonyl (C=O) groups is 1. The van der Waals surface area contributed by atoms with Crippen LogP contribution in [0.15, 0.2) is 66.7 Å². The topological polar surface area (TPSA) is 29.5 Å². The SMILES string of the molecule is CCC(=O)N1CCc2ccc(OCc3ccc(F)cc3)cc2C1c1cccc(F)c1. The van der Waals surface area contributed by atoms with Crippen LogP contribution in [0.5, 0.6) is 5.75 Å². The molecule has 1 aliphatic rings. The summed E-state index contributed by atoms with van der Waals surface area (Å²) < 4.78 is 33.0. The van der Waals surface area contributed by atoms with E-state index in [9.17, 15) is 13.6 Å². The number of hydrogen-bond acceptors (Lipinski definition) is 2. The quantitative estimate of drug-likeness (QED) is 0.565. The van der Waals surface area contributed by atoms with Crippen molar-refractivity contribution < 1.29 is 18.3 Å². The van der Waals surface area contributed by atoms with E-state index in [0.717, 1.165) is 28.7 Å². The lowest BCUT2D eigenvalue weighted by Gasteiger charge is -2.38. The predicted octanol–water partition coefficient (Wildman–Crippen LogP) is 5.43. The summed E-state index contributed by atoms with van der Waals surface area (Å²) in [6.45, 7) is 2.74. The molecule has 0 N–H and O–H groups in total. The number of rotatable bonds is 5. The molecule has 0 aliphatic carbocycles. The van der Waals surface area contributed by atoms with Crippen LogP contribution in [0, 0.1) is 11.6 Å². The fourth-order valence-corrected chi connectivity index (χ4v) is 3.94. The average molecular weight is 407 g/mol. The summed E-state index contributed by atoms with van der Waals surface area (Å²) >= 11 is 0. The van der Waals surface area contributed by atoms with Gasteiger partial charge in [0, 0.05) is 13.0 Å². The zero-order valence-corrected chi connectivity index (χ0v) is 16.8. The molecule has 0 radical (unpaired) electrons. The van der Waals surface area contributed by atoms with Gasteiger partial charge in [0.05, 0.1) is 6.04 Å². The number of amides is 1. The second-order valence-corrected chi connectivity index (χ2v) is 7.42. The van der Waals surface area contributed by atoms with Crippen LogP contribution in [0.25, 0.3) is 0 Å². The molecule has 1 heterocycles. The molecule has 1 amide bonds. The molecule has 5 heteroatoms. The number of fused-ring (bicyclic) bond motifs is 1. The van der Waals surface area contributed by atoms with Crippen LogP contribution >= 0.6 is 0 Å². The lowest BCUT2D eigenvalue weighted by Crippen LogP contribution is -2.40. The maximum absolute atomic E-state index is 14.0. The smallest absolute Gasteiger partial charge is 0.223 e. The molecular weight excluding hydrogens is 384 g/mol. The summed E-state index contributed by atoms with van der Waals surface area (Å²) in [5, 5.41) is 0. The highest BCUT2D eigenvalue weighted by Gasteiger charge is 2.31. The van der Waals surface area contributed by atoms with Gasteiger partial charge >= 0.3 is 0 Å². The highest BCUT2D eigenvalue weighted by molar-refractivity contribution is 5.77. The van der Waals surface area contributed by atoms with Gasteiger partial charge in [-0.25, -0.2) is 8.78 Å². The van der Waals surface area contributed by atoms with Crippen molar-refractivity contribution in [3.63, 3.8) is 0 Å². The molecule has 0 bridgehead atoms. The lowest BCUT2D eigenvalue weighted by atomic mass is 9.87. The van der Waals surface area contributed by atoms with Crippen molar-refractivity contribution in [3.8, 4) is 5.75 Å². The number of benzene rings is 3. The van der Waals surface area contributed by atoms with Crippen molar-refractivity contribution in [1.29, 1.82) is 0 Å². The van der Waals surface area contributed by atoms with E-state index in [0.29, 0.717) is 25.3 Å². The van der Waals surface area contributed by atoms with Gasteiger partial charge in [0.15, 0.2) is 0 Å². The van der Waals surface area contributed by atoms with E-state index in [4.69, 9.17) is 4.74 Å². The number of nitrogens with zero attached hydrogens (tertiary/aromatic N) is 1. The van der Waals surface area contributed by atoms with Gasteiger partial charge < -0.3 is 9.64 Å². The molecule has 0 fully saturated rings. The summed E-state index contributed by atoms with van der Waals surface area (Å²) in [6.07, 6.45) is 1.13. The van der Waals surface area contributed by atoms with E-state index >= 15 is 0 Å². The first-order chi connectivity index (χ1) is 14.5. The predicted molar refractivity (Wildman–Crippen MR) is 111 cm³/mol. The van der Waals surface area contributed by atoms with Gasteiger partial charge in [-0.15, -0.1) is 0 Å². The number of carbonyl (C=O) groups excluding carboxylic acids is 1. The zero-order valence-electron chi connectivity index (χ0n) is 16.8. The first-order valence-corrected chi connectivity index (χ1v) is 10.1. The molecule has 4 rings (SSSR count). The fourth-order valence-electron chi connectivity index (χ4n) is 3.94. The summed E-state index contributed by atoms with van der Waals surface area (Å²) in [5.74, 6) is 0.0798. The molecule has 0 saturated heterocycles. The van der Waals surface area contributed by atoms with Gasteiger partial charge in [-0.05, 0) is 65.1 Å². The van der Waals surface area contributed by atoms with Crippen LogP contribution in [0.3, 0.4) is 0 Å². The second-order valence-electron chi connectivity index (χ2n) is 7.42. The van der Waals surface area contributed by atoms with Gasteiger partial charge in [-0.3, -0.25) is 4.79 Å². The molecular formula is C25H23F2NO2. The Kier molecular flexibility index (Phi) is 5.79. The molecule has 3 nitrogen and oxygen atoms in total. The Bertz CT molecular complexity index is 1050.